The first-order valence-corrected chi connectivity index (χ1v) is 11.2. The Bertz CT molecular complexity index is 889. The van der Waals surface area contributed by atoms with Crippen molar-refractivity contribution in [3.05, 3.63) is 95.6 Å². The maximum Gasteiger partial charge on any atom is 0.389 e. The minimum atomic E-state index is -4.04. The minimum Gasteiger partial charge on any atom is -0.316 e. The van der Waals surface area contributed by atoms with E-state index in [0.29, 0.717) is 11.5 Å². The van der Waals surface area contributed by atoms with E-state index in [1.54, 1.807) is 0 Å². The quantitative estimate of drug-likeness (QED) is 0.267. The molecule has 0 radical (unpaired) electrons. The first-order valence-electron chi connectivity index (χ1n) is 11.2. The van der Waals surface area contributed by atoms with E-state index in [9.17, 15) is 17.6 Å². The Morgan fingerprint density at radius 3 is 2.00 bits per heavy atom. The standard InChI is InChI=1S/C27H30F4O/c1-3-5-6-20-7-9-21(10-8-20)15-16-32-27(30,31)26-24(28)17-23(18-25(26)29)22-13-11-19(4-2)12-14-22/h3-4,7-10,17-19,22H,1-2,5-6,11-16H2. The van der Waals surface area contributed by atoms with Crippen LogP contribution in [0.4, 0.5) is 17.6 Å². The van der Waals surface area contributed by atoms with Gasteiger partial charge in [-0.15, -0.1) is 13.2 Å². The Labute approximate surface area is 187 Å². The molecule has 3 rings (SSSR count). The van der Waals surface area contributed by atoms with Gasteiger partial charge in [0.25, 0.3) is 0 Å². The molecular formula is C27H30F4O. The molecule has 0 atom stereocenters. The van der Waals surface area contributed by atoms with Crippen molar-refractivity contribution in [2.45, 2.75) is 57.0 Å². The Kier molecular flexibility index (Phi) is 8.30. The van der Waals surface area contributed by atoms with Crippen LogP contribution in [0.25, 0.3) is 0 Å². The smallest absolute Gasteiger partial charge is 0.316 e. The number of allylic oxidation sites excluding steroid dienone is 2. The van der Waals surface area contributed by atoms with E-state index >= 15 is 0 Å². The molecule has 2 aromatic carbocycles. The summed E-state index contributed by atoms with van der Waals surface area (Å²) in [4.78, 5) is 0. The Morgan fingerprint density at radius 2 is 1.47 bits per heavy atom. The molecule has 0 spiro atoms. The van der Waals surface area contributed by atoms with Crippen LogP contribution in [0.5, 0.6) is 0 Å². The largest absolute Gasteiger partial charge is 0.389 e. The topological polar surface area (TPSA) is 9.23 Å². The Hall–Kier alpha value is -2.40. The molecule has 1 aliphatic carbocycles. The second kappa shape index (κ2) is 11.0. The summed E-state index contributed by atoms with van der Waals surface area (Å²) in [6.45, 7) is 7.12. The van der Waals surface area contributed by atoms with Gasteiger partial charge < -0.3 is 4.74 Å². The zero-order chi connectivity index (χ0) is 23.1. The maximum absolute atomic E-state index is 14.6. The van der Waals surface area contributed by atoms with Crippen LogP contribution in [0.2, 0.25) is 0 Å². The van der Waals surface area contributed by atoms with E-state index in [1.807, 2.05) is 36.4 Å². The number of hydrogen-bond donors (Lipinski definition) is 0. The van der Waals surface area contributed by atoms with Gasteiger partial charge in [0.2, 0.25) is 0 Å². The van der Waals surface area contributed by atoms with Gasteiger partial charge in [0, 0.05) is 0 Å². The van der Waals surface area contributed by atoms with Crippen LogP contribution in [0, 0.1) is 17.6 Å². The Morgan fingerprint density at radius 1 is 0.906 bits per heavy atom. The van der Waals surface area contributed by atoms with Gasteiger partial charge in [-0.1, -0.05) is 36.4 Å². The zero-order valence-corrected chi connectivity index (χ0v) is 18.3. The van der Waals surface area contributed by atoms with Crippen LogP contribution in [-0.4, -0.2) is 6.61 Å². The third kappa shape index (κ3) is 6.10. The molecule has 32 heavy (non-hydrogen) atoms. The van der Waals surface area contributed by atoms with Gasteiger partial charge in [-0.05, 0) is 85.6 Å². The molecule has 1 aliphatic rings. The van der Waals surface area contributed by atoms with E-state index in [2.05, 4.69) is 17.9 Å². The summed E-state index contributed by atoms with van der Waals surface area (Å²) < 4.78 is 62.9. The molecule has 1 saturated carbocycles. The summed E-state index contributed by atoms with van der Waals surface area (Å²) in [6.07, 6.45) is 4.91. The average Bonchev–Trinajstić information content (AvgIpc) is 2.78. The molecule has 0 saturated heterocycles. The molecule has 0 aromatic heterocycles. The van der Waals surface area contributed by atoms with Crippen molar-refractivity contribution < 1.29 is 22.3 Å². The summed E-state index contributed by atoms with van der Waals surface area (Å²) in [7, 11) is 0. The van der Waals surface area contributed by atoms with Gasteiger partial charge in [-0.25, -0.2) is 8.78 Å². The Balaban J connectivity index is 1.62. The molecular weight excluding hydrogens is 416 g/mol. The molecule has 0 bridgehead atoms. The highest BCUT2D eigenvalue weighted by molar-refractivity contribution is 5.31. The van der Waals surface area contributed by atoms with E-state index in [4.69, 9.17) is 0 Å². The fourth-order valence-electron chi connectivity index (χ4n) is 4.31. The monoisotopic (exact) mass is 446 g/mol. The molecule has 0 unspecified atom stereocenters. The summed E-state index contributed by atoms with van der Waals surface area (Å²) >= 11 is 0. The molecule has 0 aliphatic heterocycles. The normalized spacial score (nSPS) is 19.0. The van der Waals surface area contributed by atoms with Crippen LogP contribution in [0.3, 0.4) is 0 Å². The molecule has 1 nitrogen and oxygen atoms in total. The predicted octanol–water partition coefficient (Wildman–Crippen LogP) is 7.85. The molecule has 0 heterocycles. The van der Waals surface area contributed by atoms with Crippen molar-refractivity contribution in [2.24, 2.45) is 5.92 Å². The van der Waals surface area contributed by atoms with E-state index in [0.717, 1.165) is 61.8 Å². The van der Waals surface area contributed by atoms with Crippen LogP contribution >= 0.6 is 0 Å². The number of halogens is 4. The van der Waals surface area contributed by atoms with Crippen LogP contribution in [-0.2, 0) is 23.7 Å². The van der Waals surface area contributed by atoms with Gasteiger partial charge in [-0.3, -0.25) is 0 Å². The zero-order valence-electron chi connectivity index (χ0n) is 18.3. The second-order valence-electron chi connectivity index (χ2n) is 8.47. The van der Waals surface area contributed by atoms with Crippen molar-refractivity contribution in [3.63, 3.8) is 0 Å². The fraction of sp³-hybridized carbons (Fsp3) is 0.407. The fourth-order valence-corrected chi connectivity index (χ4v) is 4.31. The molecule has 172 valence electrons. The number of alkyl halides is 2. The lowest BCUT2D eigenvalue weighted by Crippen LogP contribution is -2.24. The van der Waals surface area contributed by atoms with Crippen molar-refractivity contribution in [1.82, 2.24) is 0 Å². The van der Waals surface area contributed by atoms with Crippen molar-refractivity contribution in [2.75, 3.05) is 6.61 Å². The number of aryl methyl sites for hydroxylation is 1. The third-order valence-electron chi connectivity index (χ3n) is 6.27. The predicted molar refractivity (Wildman–Crippen MR) is 120 cm³/mol. The average molecular weight is 447 g/mol. The van der Waals surface area contributed by atoms with E-state index in [1.165, 1.54) is 0 Å². The van der Waals surface area contributed by atoms with Gasteiger partial charge in [-0.2, -0.15) is 8.78 Å². The van der Waals surface area contributed by atoms with Gasteiger partial charge in [0.15, 0.2) is 0 Å². The summed E-state index contributed by atoms with van der Waals surface area (Å²) in [5.74, 6) is -2.15. The lowest BCUT2D eigenvalue weighted by Gasteiger charge is -2.27. The molecule has 5 heteroatoms. The molecule has 0 N–H and O–H groups in total. The van der Waals surface area contributed by atoms with Crippen LogP contribution in [0.1, 0.15) is 60.3 Å². The highest BCUT2D eigenvalue weighted by Crippen LogP contribution is 2.40. The first-order chi connectivity index (χ1) is 15.3. The second-order valence-corrected chi connectivity index (χ2v) is 8.47. The first kappa shape index (κ1) is 24.2. The molecule has 0 amide bonds. The van der Waals surface area contributed by atoms with Crippen molar-refractivity contribution in [1.29, 1.82) is 0 Å². The lowest BCUT2D eigenvalue weighted by atomic mass is 9.78. The minimum absolute atomic E-state index is 0.0340. The molecule has 1 fully saturated rings. The van der Waals surface area contributed by atoms with E-state index < -0.39 is 23.3 Å². The highest BCUT2D eigenvalue weighted by atomic mass is 19.3. The summed E-state index contributed by atoms with van der Waals surface area (Å²) in [6, 6.07) is 9.62. The number of hydrogen-bond acceptors (Lipinski definition) is 1. The van der Waals surface area contributed by atoms with Gasteiger partial charge >= 0.3 is 6.11 Å². The number of rotatable bonds is 10. The van der Waals surface area contributed by atoms with Gasteiger partial charge in [0.1, 0.15) is 17.2 Å². The lowest BCUT2D eigenvalue weighted by molar-refractivity contribution is -0.251. The summed E-state index contributed by atoms with van der Waals surface area (Å²) in [5.41, 5.74) is 1.05. The number of ether oxygens (including phenoxy) is 1. The maximum atomic E-state index is 14.6. The summed E-state index contributed by atoms with van der Waals surface area (Å²) in [5, 5.41) is 0. The SMILES string of the molecule is C=CCCc1ccc(CCOC(F)(F)c2c(F)cc(C3CCC(C=C)CC3)cc2F)cc1. The van der Waals surface area contributed by atoms with E-state index in [-0.39, 0.29) is 18.9 Å². The third-order valence-corrected chi connectivity index (χ3v) is 6.27. The highest BCUT2D eigenvalue weighted by Gasteiger charge is 2.40. The van der Waals surface area contributed by atoms with Gasteiger partial charge in [0.05, 0.1) is 6.61 Å². The van der Waals surface area contributed by atoms with Crippen molar-refractivity contribution >= 4 is 0 Å². The molecule has 2 aromatic rings. The van der Waals surface area contributed by atoms with Crippen LogP contribution in [0.15, 0.2) is 61.7 Å². The number of benzene rings is 2. The van der Waals surface area contributed by atoms with Crippen molar-refractivity contribution in [3.8, 4) is 0 Å². The van der Waals surface area contributed by atoms with Crippen LogP contribution < -0.4 is 0 Å².